The van der Waals surface area contributed by atoms with Crippen LogP contribution in [0.5, 0.6) is 0 Å². The first-order valence-corrected chi connectivity index (χ1v) is 12.8. The second-order valence-electron chi connectivity index (χ2n) is 8.32. The summed E-state index contributed by atoms with van der Waals surface area (Å²) in [5.74, 6) is 0.229. The Labute approximate surface area is 192 Å². The van der Waals surface area contributed by atoms with Crippen LogP contribution >= 0.6 is 11.8 Å². The van der Waals surface area contributed by atoms with E-state index in [2.05, 4.69) is 35.9 Å². The standard InChI is InChI=1S/C23H26N4O3S2/c1-5-27-20-11-10-16(32(24,29)30)13-18(20)25-22(27)31-14-15(28)12-21-23(2,3)17-8-6-7-9-19(17)26(21)4/h6-13H,5,14H2,1-4H3,(H2,24,29,30). The number of nitrogens with two attached hydrogens (primary N) is 1. The number of hydrogen-bond acceptors (Lipinski definition) is 6. The lowest BCUT2D eigenvalue weighted by molar-refractivity contribution is -0.112. The quantitative estimate of drug-likeness (QED) is 0.436. The SMILES string of the molecule is CCn1c(SCC(=O)C=C2N(C)c3ccccc3C2(C)C)nc2cc(S(N)(=O)=O)ccc21. The Balaban J connectivity index is 1.58. The Bertz CT molecular complexity index is 1360. The van der Waals surface area contributed by atoms with Crippen LogP contribution in [0.1, 0.15) is 26.3 Å². The summed E-state index contributed by atoms with van der Waals surface area (Å²) in [6, 6.07) is 12.8. The zero-order valence-electron chi connectivity index (χ0n) is 18.5. The third-order valence-electron chi connectivity index (χ3n) is 5.91. The fourth-order valence-electron chi connectivity index (χ4n) is 4.27. The minimum Gasteiger partial charge on any atom is -0.347 e. The van der Waals surface area contributed by atoms with E-state index >= 15 is 0 Å². The molecular weight excluding hydrogens is 444 g/mol. The van der Waals surface area contributed by atoms with Crippen LogP contribution in [-0.2, 0) is 26.8 Å². The van der Waals surface area contributed by atoms with Gasteiger partial charge in [-0.15, -0.1) is 0 Å². The van der Waals surface area contributed by atoms with Crippen LogP contribution < -0.4 is 10.0 Å². The molecule has 0 atom stereocenters. The molecule has 32 heavy (non-hydrogen) atoms. The van der Waals surface area contributed by atoms with Crippen molar-refractivity contribution in [2.75, 3.05) is 17.7 Å². The number of primary sulfonamides is 1. The molecule has 0 bridgehead atoms. The zero-order valence-corrected chi connectivity index (χ0v) is 20.1. The largest absolute Gasteiger partial charge is 0.347 e. The van der Waals surface area contributed by atoms with Crippen molar-refractivity contribution in [3.8, 4) is 0 Å². The second-order valence-corrected chi connectivity index (χ2v) is 10.8. The summed E-state index contributed by atoms with van der Waals surface area (Å²) in [5, 5.41) is 5.91. The molecule has 0 fully saturated rings. The maximum Gasteiger partial charge on any atom is 0.238 e. The average molecular weight is 471 g/mol. The average Bonchev–Trinajstić information content (AvgIpc) is 3.19. The van der Waals surface area contributed by atoms with Crippen molar-refractivity contribution in [2.24, 2.45) is 5.14 Å². The molecule has 1 aromatic heterocycles. The van der Waals surface area contributed by atoms with Crippen LogP contribution in [0, 0.1) is 0 Å². The van der Waals surface area contributed by atoms with E-state index in [9.17, 15) is 13.2 Å². The number of hydrogen-bond donors (Lipinski definition) is 1. The smallest absolute Gasteiger partial charge is 0.238 e. The van der Waals surface area contributed by atoms with Crippen molar-refractivity contribution >= 4 is 44.3 Å². The molecule has 0 saturated carbocycles. The van der Waals surface area contributed by atoms with Gasteiger partial charge in [-0.3, -0.25) is 4.79 Å². The number of carbonyl (C=O) groups is 1. The van der Waals surface area contributed by atoms with Crippen LogP contribution in [0.4, 0.5) is 5.69 Å². The first kappa shape index (κ1) is 22.6. The summed E-state index contributed by atoms with van der Waals surface area (Å²) in [6.07, 6.45) is 1.73. The van der Waals surface area contributed by atoms with Gasteiger partial charge >= 0.3 is 0 Å². The number of ketones is 1. The third-order valence-corrected chi connectivity index (χ3v) is 7.82. The molecule has 1 aliphatic rings. The molecule has 2 heterocycles. The van der Waals surface area contributed by atoms with Crippen LogP contribution in [0.25, 0.3) is 11.0 Å². The molecule has 7 nitrogen and oxygen atoms in total. The van der Waals surface area contributed by atoms with Gasteiger partial charge in [0.2, 0.25) is 10.0 Å². The molecule has 168 valence electrons. The first-order chi connectivity index (χ1) is 15.0. The summed E-state index contributed by atoms with van der Waals surface area (Å²) < 4.78 is 25.3. The molecule has 0 amide bonds. The summed E-state index contributed by atoms with van der Waals surface area (Å²) in [5.41, 5.74) is 4.37. The Morgan fingerprint density at radius 1 is 1.22 bits per heavy atom. The number of benzene rings is 2. The summed E-state index contributed by atoms with van der Waals surface area (Å²) in [4.78, 5) is 19.6. The normalized spacial score (nSPS) is 16.7. The maximum absolute atomic E-state index is 12.9. The van der Waals surface area contributed by atoms with Crippen molar-refractivity contribution in [1.82, 2.24) is 9.55 Å². The van der Waals surface area contributed by atoms with Crippen molar-refractivity contribution in [1.29, 1.82) is 0 Å². The van der Waals surface area contributed by atoms with E-state index < -0.39 is 10.0 Å². The number of para-hydroxylation sites is 1. The van der Waals surface area contributed by atoms with E-state index in [4.69, 9.17) is 5.14 Å². The van der Waals surface area contributed by atoms with Crippen LogP contribution in [0.3, 0.4) is 0 Å². The highest BCUT2D eigenvalue weighted by molar-refractivity contribution is 7.99. The van der Waals surface area contributed by atoms with Gasteiger partial charge in [-0.1, -0.05) is 43.8 Å². The fraction of sp³-hybridized carbons (Fsp3) is 0.304. The number of aromatic nitrogens is 2. The Hall–Kier alpha value is -2.62. The Kier molecular flexibility index (Phi) is 5.68. The maximum atomic E-state index is 12.9. The number of rotatable bonds is 6. The zero-order chi connectivity index (χ0) is 23.3. The van der Waals surface area contributed by atoms with Gasteiger partial charge in [0.25, 0.3) is 0 Å². The molecule has 4 rings (SSSR count). The molecule has 2 aromatic carbocycles. The van der Waals surface area contributed by atoms with Crippen LogP contribution in [-0.4, -0.2) is 36.6 Å². The summed E-state index contributed by atoms with van der Waals surface area (Å²) in [7, 11) is -1.82. The first-order valence-electron chi connectivity index (χ1n) is 10.3. The van der Waals surface area contributed by atoms with Gasteiger partial charge in [0.1, 0.15) is 0 Å². The molecule has 0 radical (unpaired) electrons. The van der Waals surface area contributed by atoms with E-state index in [1.807, 2.05) is 30.7 Å². The van der Waals surface area contributed by atoms with E-state index in [0.717, 1.165) is 16.9 Å². The van der Waals surface area contributed by atoms with E-state index in [1.165, 1.54) is 29.5 Å². The number of likely N-dealkylation sites (N-methyl/N-ethyl adjacent to an activating group) is 1. The van der Waals surface area contributed by atoms with Crippen molar-refractivity contribution in [2.45, 2.75) is 42.8 Å². The van der Waals surface area contributed by atoms with Crippen LogP contribution in [0.2, 0.25) is 0 Å². The fourth-order valence-corrected chi connectivity index (χ4v) is 5.70. The lowest BCUT2D eigenvalue weighted by atomic mass is 9.83. The Morgan fingerprint density at radius 3 is 2.59 bits per heavy atom. The Morgan fingerprint density at radius 2 is 1.94 bits per heavy atom. The molecule has 0 spiro atoms. The summed E-state index contributed by atoms with van der Waals surface area (Å²) in [6.45, 7) is 6.88. The number of thioether (sulfide) groups is 1. The van der Waals surface area contributed by atoms with Crippen molar-refractivity contribution in [3.63, 3.8) is 0 Å². The molecular formula is C23H26N4O3S2. The number of fused-ring (bicyclic) bond motifs is 2. The molecule has 2 N–H and O–H groups in total. The summed E-state index contributed by atoms with van der Waals surface area (Å²) >= 11 is 1.35. The van der Waals surface area contributed by atoms with Crippen LogP contribution in [0.15, 0.2) is 64.3 Å². The van der Waals surface area contributed by atoms with Gasteiger partial charge in [0.05, 0.1) is 21.7 Å². The van der Waals surface area contributed by atoms with Crippen molar-refractivity contribution in [3.05, 3.63) is 59.8 Å². The predicted octanol–water partition coefficient (Wildman–Crippen LogP) is 3.68. The van der Waals surface area contributed by atoms with Gasteiger partial charge in [0.15, 0.2) is 10.9 Å². The third kappa shape index (κ3) is 3.85. The number of allylic oxidation sites excluding steroid dienone is 2. The van der Waals surface area contributed by atoms with Gasteiger partial charge in [0, 0.05) is 36.5 Å². The topological polar surface area (TPSA) is 98.3 Å². The lowest BCUT2D eigenvalue weighted by Gasteiger charge is -2.23. The van der Waals surface area contributed by atoms with Gasteiger partial charge in [-0.2, -0.15) is 0 Å². The van der Waals surface area contributed by atoms with E-state index in [0.29, 0.717) is 17.2 Å². The molecule has 0 aliphatic carbocycles. The molecule has 9 heteroatoms. The predicted molar refractivity (Wildman–Crippen MR) is 128 cm³/mol. The minimum absolute atomic E-state index is 0.00216. The highest BCUT2D eigenvalue weighted by Crippen LogP contribution is 2.46. The second kappa shape index (κ2) is 8.06. The number of sulfonamides is 1. The lowest BCUT2D eigenvalue weighted by Crippen LogP contribution is -2.24. The highest BCUT2D eigenvalue weighted by atomic mass is 32.2. The molecule has 1 aliphatic heterocycles. The number of imidazole rings is 1. The number of nitrogens with zero attached hydrogens (tertiary/aromatic N) is 3. The van der Waals surface area contributed by atoms with E-state index in [-0.39, 0.29) is 21.8 Å². The van der Waals surface area contributed by atoms with Gasteiger partial charge in [-0.05, 0) is 36.8 Å². The molecule has 0 saturated heterocycles. The van der Waals surface area contributed by atoms with Crippen molar-refractivity contribution < 1.29 is 13.2 Å². The highest BCUT2D eigenvalue weighted by Gasteiger charge is 2.38. The van der Waals surface area contributed by atoms with Gasteiger partial charge < -0.3 is 9.47 Å². The number of carbonyl (C=O) groups excluding carboxylic acids is 1. The monoisotopic (exact) mass is 470 g/mol. The number of anilines is 1. The molecule has 0 unspecified atom stereocenters. The van der Waals surface area contributed by atoms with Gasteiger partial charge in [-0.25, -0.2) is 18.5 Å². The molecule has 3 aromatic rings. The number of aryl methyl sites for hydroxylation is 1. The minimum atomic E-state index is -3.81. The van der Waals surface area contributed by atoms with E-state index in [1.54, 1.807) is 12.1 Å².